The third-order valence-electron chi connectivity index (χ3n) is 7.80. The number of aryl methyl sites for hydroxylation is 1. The molecule has 4 aromatic heterocycles. The van der Waals surface area contributed by atoms with Crippen LogP contribution in [0.3, 0.4) is 0 Å². The maximum absolute atomic E-state index is 5.53. The van der Waals surface area contributed by atoms with Crippen molar-refractivity contribution in [1.29, 1.82) is 0 Å². The molecule has 0 unspecified atom stereocenters. The van der Waals surface area contributed by atoms with Crippen molar-refractivity contribution in [3.63, 3.8) is 0 Å². The molecule has 5 heterocycles. The number of rotatable bonds is 7. The van der Waals surface area contributed by atoms with Crippen LogP contribution >= 0.6 is 0 Å². The number of hydrogen-bond donors (Lipinski definition) is 2. The monoisotopic (exact) mass is 556 g/mol. The van der Waals surface area contributed by atoms with Gasteiger partial charge in [-0.2, -0.15) is 0 Å². The highest BCUT2D eigenvalue weighted by Crippen LogP contribution is 2.31. The van der Waals surface area contributed by atoms with E-state index in [0.717, 1.165) is 89.0 Å². The standard InChI is InChI=1S/C33H32N8O/c1-3-23-18-25(10-12-34-23)40(2)27-20-31-33(36-21-27)39-32(38-31)22-4-6-24(7-5-22)37-30-11-13-35-29-9-8-26(19-28(29)30)41-14-16-42-17-15-41/h4-13,18-21H,3,14-17H2,1-2H3,(H,35,37)(H,36,38,39). The van der Waals surface area contributed by atoms with Crippen molar-refractivity contribution in [3.05, 3.63) is 91.0 Å². The summed E-state index contributed by atoms with van der Waals surface area (Å²) in [6.07, 6.45) is 6.45. The van der Waals surface area contributed by atoms with Crippen molar-refractivity contribution in [2.75, 3.05) is 48.5 Å². The molecule has 0 amide bonds. The van der Waals surface area contributed by atoms with Crippen LogP contribution in [-0.2, 0) is 11.2 Å². The van der Waals surface area contributed by atoms with Gasteiger partial charge in [0.25, 0.3) is 0 Å². The minimum Gasteiger partial charge on any atom is -0.378 e. The summed E-state index contributed by atoms with van der Waals surface area (Å²) in [6, 6.07) is 23.0. The van der Waals surface area contributed by atoms with Crippen LogP contribution in [0.5, 0.6) is 0 Å². The molecule has 2 N–H and O–H groups in total. The van der Waals surface area contributed by atoms with Crippen molar-refractivity contribution in [2.45, 2.75) is 13.3 Å². The Balaban J connectivity index is 1.11. The number of aromatic amines is 1. The van der Waals surface area contributed by atoms with Crippen LogP contribution in [0.1, 0.15) is 12.6 Å². The van der Waals surface area contributed by atoms with E-state index in [0.29, 0.717) is 5.65 Å². The highest BCUT2D eigenvalue weighted by atomic mass is 16.5. The zero-order valence-corrected chi connectivity index (χ0v) is 23.7. The number of morpholine rings is 1. The van der Waals surface area contributed by atoms with Crippen LogP contribution in [0, 0.1) is 0 Å². The number of pyridine rings is 3. The number of H-pyrrole nitrogens is 1. The van der Waals surface area contributed by atoms with E-state index in [1.165, 1.54) is 5.69 Å². The molecule has 2 aromatic carbocycles. The maximum Gasteiger partial charge on any atom is 0.178 e. The van der Waals surface area contributed by atoms with Crippen LogP contribution < -0.4 is 15.1 Å². The third kappa shape index (κ3) is 5.10. The zero-order valence-electron chi connectivity index (χ0n) is 23.7. The summed E-state index contributed by atoms with van der Waals surface area (Å²) >= 11 is 0. The second-order valence-corrected chi connectivity index (χ2v) is 10.4. The third-order valence-corrected chi connectivity index (χ3v) is 7.80. The first-order valence-corrected chi connectivity index (χ1v) is 14.3. The van der Waals surface area contributed by atoms with E-state index < -0.39 is 0 Å². The molecule has 9 heteroatoms. The Labute approximate surface area is 244 Å². The number of aromatic nitrogens is 5. The van der Waals surface area contributed by atoms with Gasteiger partial charge < -0.3 is 24.8 Å². The first-order chi connectivity index (χ1) is 20.6. The lowest BCUT2D eigenvalue weighted by Crippen LogP contribution is -2.36. The fourth-order valence-electron chi connectivity index (χ4n) is 5.35. The van der Waals surface area contributed by atoms with Crippen LogP contribution in [0.2, 0.25) is 0 Å². The number of fused-ring (bicyclic) bond motifs is 2. The molecule has 0 aliphatic carbocycles. The van der Waals surface area contributed by atoms with Gasteiger partial charge in [0, 0.05) is 71.9 Å². The van der Waals surface area contributed by atoms with Crippen LogP contribution in [0.4, 0.5) is 28.4 Å². The first-order valence-electron chi connectivity index (χ1n) is 14.3. The second kappa shape index (κ2) is 11.1. The van der Waals surface area contributed by atoms with E-state index in [4.69, 9.17) is 9.72 Å². The van der Waals surface area contributed by atoms with Gasteiger partial charge in [0.2, 0.25) is 0 Å². The van der Waals surface area contributed by atoms with Gasteiger partial charge >= 0.3 is 0 Å². The second-order valence-electron chi connectivity index (χ2n) is 10.4. The minimum atomic E-state index is 0.688. The molecule has 0 atom stereocenters. The fraction of sp³-hybridized carbons (Fsp3) is 0.212. The molecule has 42 heavy (non-hydrogen) atoms. The van der Waals surface area contributed by atoms with Crippen molar-refractivity contribution < 1.29 is 4.74 Å². The molecule has 9 nitrogen and oxygen atoms in total. The van der Waals surface area contributed by atoms with Gasteiger partial charge in [0.05, 0.1) is 36.1 Å². The van der Waals surface area contributed by atoms with Crippen molar-refractivity contribution >= 4 is 50.5 Å². The first kappa shape index (κ1) is 25.9. The molecule has 1 aliphatic rings. The van der Waals surface area contributed by atoms with Crippen molar-refractivity contribution in [1.82, 2.24) is 24.9 Å². The topological polar surface area (TPSA) is 95.1 Å². The Morgan fingerprint density at radius 3 is 2.57 bits per heavy atom. The van der Waals surface area contributed by atoms with Crippen LogP contribution in [0.25, 0.3) is 33.5 Å². The Morgan fingerprint density at radius 1 is 0.905 bits per heavy atom. The number of hydrogen-bond acceptors (Lipinski definition) is 8. The normalized spacial score (nSPS) is 13.5. The van der Waals surface area contributed by atoms with E-state index in [9.17, 15) is 0 Å². The quantitative estimate of drug-likeness (QED) is 0.231. The highest BCUT2D eigenvalue weighted by Gasteiger charge is 2.14. The lowest BCUT2D eigenvalue weighted by molar-refractivity contribution is 0.122. The van der Waals surface area contributed by atoms with Gasteiger partial charge in [-0.15, -0.1) is 0 Å². The number of nitrogens with one attached hydrogen (secondary N) is 2. The SMILES string of the molecule is CCc1cc(N(C)c2cnc3nc(-c4ccc(Nc5ccnc6ccc(N7CCOCC7)cc56)cc4)[nH]c3c2)ccn1. The summed E-state index contributed by atoms with van der Waals surface area (Å²) in [5.41, 5.74) is 9.84. The minimum absolute atomic E-state index is 0.688. The molecule has 1 saturated heterocycles. The molecular weight excluding hydrogens is 524 g/mol. The molecule has 7 rings (SSSR count). The largest absolute Gasteiger partial charge is 0.378 e. The Kier molecular flexibility index (Phi) is 6.85. The zero-order chi connectivity index (χ0) is 28.5. The molecule has 6 aromatic rings. The fourth-order valence-corrected chi connectivity index (χ4v) is 5.35. The Morgan fingerprint density at radius 2 is 1.74 bits per heavy atom. The maximum atomic E-state index is 5.53. The lowest BCUT2D eigenvalue weighted by Gasteiger charge is -2.29. The van der Waals surface area contributed by atoms with Gasteiger partial charge in [-0.1, -0.05) is 6.92 Å². The van der Waals surface area contributed by atoms with Gasteiger partial charge in [0.1, 0.15) is 5.82 Å². The number of ether oxygens (including phenoxy) is 1. The van der Waals surface area contributed by atoms with E-state index in [1.54, 1.807) is 0 Å². The van der Waals surface area contributed by atoms with E-state index >= 15 is 0 Å². The number of anilines is 5. The molecule has 210 valence electrons. The summed E-state index contributed by atoms with van der Waals surface area (Å²) in [7, 11) is 2.04. The predicted molar refractivity (Wildman–Crippen MR) is 169 cm³/mol. The van der Waals surface area contributed by atoms with E-state index in [2.05, 4.69) is 96.6 Å². The predicted octanol–water partition coefficient (Wildman–Crippen LogP) is 6.48. The van der Waals surface area contributed by atoms with E-state index in [-0.39, 0.29) is 0 Å². The van der Waals surface area contributed by atoms with Crippen molar-refractivity contribution in [3.8, 4) is 11.4 Å². The van der Waals surface area contributed by atoms with Gasteiger partial charge in [-0.25, -0.2) is 9.97 Å². The molecular formula is C33H32N8O. The van der Waals surface area contributed by atoms with Gasteiger partial charge in [-0.05, 0) is 73.2 Å². The average Bonchev–Trinajstić information content (AvgIpc) is 3.49. The van der Waals surface area contributed by atoms with Crippen LogP contribution in [-0.4, -0.2) is 58.3 Å². The van der Waals surface area contributed by atoms with Crippen molar-refractivity contribution in [2.24, 2.45) is 0 Å². The average molecular weight is 557 g/mol. The molecule has 1 aliphatic heterocycles. The van der Waals surface area contributed by atoms with Gasteiger partial charge in [-0.3, -0.25) is 9.97 Å². The lowest BCUT2D eigenvalue weighted by atomic mass is 10.1. The summed E-state index contributed by atoms with van der Waals surface area (Å²) in [6.45, 7) is 5.42. The number of nitrogens with zero attached hydrogens (tertiary/aromatic N) is 6. The molecule has 1 fully saturated rings. The Hall–Kier alpha value is -5.02. The summed E-state index contributed by atoms with van der Waals surface area (Å²) in [5, 5.41) is 4.68. The van der Waals surface area contributed by atoms with Crippen LogP contribution in [0.15, 0.2) is 85.3 Å². The summed E-state index contributed by atoms with van der Waals surface area (Å²) in [5.74, 6) is 0.783. The number of imidazole rings is 1. The summed E-state index contributed by atoms with van der Waals surface area (Å²) < 4.78 is 5.53. The Bertz CT molecular complexity index is 1860. The molecule has 0 saturated carbocycles. The molecule has 0 bridgehead atoms. The highest BCUT2D eigenvalue weighted by molar-refractivity contribution is 5.95. The molecule has 0 radical (unpaired) electrons. The van der Waals surface area contributed by atoms with Gasteiger partial charge in [0.15, 0.2) is 5.65 Å². The number of benzene rings is 2. The smallest absolute Gasteiger partial charge is 0.178 e. The van der Waals surface area contributed by atoms with E-state index in [1.807, 2.05) is 37.8 Å². The summed E-state index contributed by atoms with van der Waals surface area (Å²) in [4.78, 5) is 26.3. The molecule has 0 spiro atoms.